The monoisotopic (exact) mass is 1810 g/mol. The van der Waals surface area contributed by atoms with E-state index in [2.05, 4.69) is 79.1 Å². The zero-order valence-electron chi connectivity index (χ0n) is 68.0. The molecule has 16 amide bonds. The van der Waals surface area contributed by atoms with Crippen LogP contribution < -0.4 is 86.3 Å². The van der Waals surface area contributed by atoms with Crippen LogP contribution in [0.1, 0.15) is 88.3 Å². The van der Waals surface area contributed by atoms with Gasteiger partial charge < -0.3 is 126 Å². The molecule has 7 heterocycles. The number of amides is 16. The number of nitrogens with zero attached hydrogens (tertiary/aromatic N) is 2. The highest BCUT2D eigenvalue weighted by atomic mass is 33.1. The lowest BCUT2D eigenvalue weighted by Crippen LogP contribution is -2.58. The summed E-state index contributed by atoms with van der Waals surface area (Å²) in [6.45, 7) is 2.18. The number of carbonyl (C=O) groups excluding carboxylic acids is 16. The van der Waals surface area contributed by atoms with Crippen LogP contribution >= 0.6 is 43.2 Å². The topological polar surface area (TPSA) is 663 Å². The van der Waals surface area contributed by atoms with Crippen LogP contribution in [0.4, 0.5) is 5.69 Å². The molecule has 3 aromatic carbocycles. The number of aliphatic carboxylic acids is 2. The number of amidine groups is 1. The van der Waals surface area contributed by atoms with Crippen LogP contribution in [-0.2, 0) is 109 Å². The second-order valence-corrected chi connectivity index (χ2v) is 35.0. The van der Waals surface area contributed by atoms with E-state index in [4.69, 9.17) is 32.1 Å². The smallest absolute Gasteiger partial charge is 0.305 e. The maximum absolute atomic E-state index is 14.0. The second-order valence-electron chi connectivity index (χ2n) is 29.8. The maximum Gasteiger partial charge on any atom is 0.305 e. The van der Waals surface area contributed by atoms with Crippen molar-refractivity contribution in [3.8, 4) is 0 Å². The van der Waals surface area contributed by atoms with Crippen molar-refractivity contribution in [2.24, 2.45) is 23.1 Å². The van der Waals surface area contributed by atoms with E-state index in [9.17, 15) is 96.5 Å². The fourth-order valence-electron chi connectivity index (χ4n) is 13.9. The zero-order valence-corrected chi connectivity index (χ0v) is 71.2. The second kappa shape index (κ2) is 47.2. The van der Waals surface area contributed by atoms with Gasteiger partial charge in [0.2, 0.25) is 94.5 Å². The zero-order chi connectivity index (χ0) is 90.6. The number of hydrogen-bond donors (Lipinski definition) is 21. The first-order valence-electron chi connectivity index (χ1n) is 39.8. The van der Waals surface area contributed by atoms with E-state index in [1.165, 1.54) is 58.7 Å². The third kappa shape index (κ3) is 29.3. The minimum absolute atomic E-state index is 0.000716. The van der Waals surface area contributed by atoms with Crippen molar-refractivity contribution in [2.45, 2.75) is 157 Å². The predicted molar refractivity (Wildman–Crippen MR) is 458 cm³/mol. The van der Waals surface area contributed by atoms with Gasteiger partial charge in [-0.25, -0.2) is 0 Å². The van der Waals surface area contributed by atoms with E-state index in [0.29, 0.717) is 37.2 Å². The van der Waals surface area contributed by atoms with Crippen molar-refractivity contribution in [1.82, 2.24) is 83.6 Å². The Balaban J connectivity index is 0.000000283. The van der Waals surface area contributed by atoms with Crippen molar-refractivity contribution in [2.75, 3.05) is 74.1 Å². The summed E-state index contributed by atoms with van der Waals surface area (Å²) >= 11 is 0. The van der Waals surface area contributed by atoms with Crippen LogP contribution in [0.2, 0.25) is 0 Å². The molecular formula is C78H101N21O22S4. The molecule has 125 heavy (non-hydrogen) atoms. The fourth-order valence-corrected chi connectivity index (χ4v) is 18.2. The number of rotatable bonds is 19. The summed E-state index contributed by atoms with van der Waals surface area (Å²) in [5.41, 5.74) is 21.0. The number of piperidine rings is 1. The summed E-state index contributed by atoms with van der Waals surface area (Å²) in [7, 11) is 4.64. The number of aromatic nitrogens is 2. The first kappa shape index (κ1) is 96.8. The van der Waals surface area contributed by atoms with Gasteiger partial charge >= 0.3 is 11.9 Å². The SMILES string of the molecule is C[C@@H]1NC(=O)[C@H](CC(=O)O)NC(=O)CNC(=O)C(CC(=O)Nc2ccc(C(=N)N)cc2)NC(=O)CCSSC[C@@H](C(N)=O)NC(=O)[C@@H]2CC(OCc3c[nH]c4ccccc34)CN2C1=O.C[C@@H]1NC(=O)[C@H](CC(=O)O)NC(=O)CNC(=O)C(CNC(=O)C2CCNCC2)NC(=O)CCSSC[C@@H](C(N)=O)NC(=O)[C@@H]2CC(OCc3c[nH]c4ccccc34)CN2C1=O. The first-order chi connectivity index (χ1) is 59.7. The summed E-state index contributed by atoms with van der Waals surface area (Å²) in [6, 6.07) is 7.36. The highest BCUT2D eigenvalue weighted by Crippen LogP contribution is 2.30. The van der Waals surface area contributed by atoms with Crippen molar-refractivity contribution in [3.05, 3.63) is 102 Å². The van der Waals surface area contributed by atoms with Crippen molar-refractivity contribution in [3.63, 3.8) is 0 Å². The van der Waals surface area contributed by atoms with E-state index >= 15 is 0 Å². The van der Waals surface area contributed by atoms with Gasteiger partial charge in [-0.15, -0.1) is 0 Å². The van der Waals surface area contributed by atoms with E-state index < -0.39 is 206 Å². The van der Waals surface area contributed by atoms with Crippen LogP contribution in [0.15, 0.2) is 85.2 Å². The molecule has 674 valence electrons. The van der Waals surface area contributed by atoms with Crippen LogP contribution in [0.25, 0.3) is 21.8 Å². The molecule has 24 N–H and O–H groups in total. The number of aromatic amines is 2. The predicted octanol–water partition coefficient (Wildman–Crippen LogP) is -3.62. The van der Waals surface area contributed by atoms with Crippen molar-refractivity contribution in [1.29, 1.82) is 5.41 Å². The molecule has 0 bridgehead atoms. The molecule has 0 aliphatic carbocycles. The number of carbonyl (C=O) groups is 18. The van der Waals surface area contributed by atoms with Gasteiger partial charge in [0, 0.05) is 131 Å². The molecule has 43 nitrogen and oxygen atoms in total. The van der Waals surface area contributed by atoms with E-state index in [0.717, 1.165) is 65.3 Å². The lowest BCUT2D eigenvalue weighted by Gasteiger charge is -2.28. The molecule has 5 fully saturated rings. The van der Waals surface area contributed by atoms with Crippen LogP contribution in [0.5, 0.6) is 0 Å². The number of primary amides is 2. The standard InChI is InChI=1S/C40H49N11O11S2.C38H52N10O11S2/c1-20-40(61)51-17-24(62-18-22-15-44-26-5-3-2-4-25(22)26)12-30(51)39(60)50-29(36(43)57)19-64-63-11-10-31(52)48-27(13-32(53)47-23-8-6-21(7-9-23)35(41)42)37(58)45-16-33(54)49-28(14-34(55)56)38(59)46-20;1-20-38(58)48-17-23(59-18-22-14-41-25-5-3-2-4-24(22)25)12-29(48)37(57)47-28(33(39)53)19-61-60-11-8-30(49)46-27(15-42-34(54)21-6-9-40-10-7-21)35(55)43-16-31(50)45-26(13-32(51)52)36(56)44-20/h2-9,15,20,24,27-30,44H,10-14,16-19H2,1H3,(H3,41,42)(H2,43,57)(H,45,58)(H,46,59)(H,47,53)(H,48,52)(H,49,54)(H,50,60)(H,55,56);2-5,14,20-21,23,26-29,40-41H,6-13,15-19H2,1H3,(H2,39,53)(H,42,54)(H,43,55)(H,44,56)(H,45,50)(H,46,49)(H,47,57)(H,51,52)/t20-,24?,27?,28-,29-,30-;20-,23?,26-,27?,28-,29-/m00/s1. The molecule has 5 aliphatic rings. The van der Waals surface area contributed by atoms with Gasteiger partial charge in [0.1, 0.15) is 66.3 Å². The Morgan fingerprint density at radius 2 is 0.936 bits per heavy atom. The average molecular weight is 1810 g/mol. The summed E-state index contributed by atoms with van der Waals surface area (Å²) in [4.78, 5) is 245. The molecule has 5 aromatic rings. The number of nitrogens with one attached hydrogen (secondary N) is 16. The number of H-pyrrole nitrogens is 2. The summed E-state index contributed by atoms with van der Waals surface area (Å²) in [5.74, 6) is -15.9. The Hall–Kier alpha value is -12.1. The molecular weight excluding hydrogens is 1710 g/mol. The fraction of sp³-hybridized carbons (Fsp3) is 0.474. The molecule has 0 spiro atoms. The number of nitrogens with two attached hydrogens (primary N) is 3. The Kier molecular flexibility index (Phi) is 36.5. The Morgan fingerprint density at radius 3 is 1.38 bits per heavy atom. The number of benzene rings is 3. The molecule has 4 unspecified atom stereocenters. The average Bonchev–Trinajstić information content (AvgIpc) is 1.67. The number of para-hydroxylation sites is 2. The molecule has 12 atom stereocenters. The van der Waals surface area contributed by atoms with Crippen molar-refractivity contribution < 1.29 is 106 Å². The Labute approximate surface area is 730 Å². The van der Waals surface area contributed by atoms with Gasteiger partial charge in [-0.1, -0.05) is 79.6 Å². The molecule has 5 aliphatic heterocycles. The minimum Gasteiger partial charge on any atom is -0.481 e. The van der Waals surface area contributed by atoms with Gasteiger partial charge in [0.15, 0.2) is 0 Å². The number of fused-ring (bicyclic) bond motifs is 4. The third-order valence-electron chi connectivity index (χ3n) is 20.5. The quantitative estimate of drug-likeness (QED) is 0.0216. The molecule has 10 rings (SSSR count). The molecule has 2 aromatic heterocycles. The largest absolute Gasteiger partial charge is 0.481 e. The first-order valence-corrected chi connectivity index (χ1v) is 44.8. The number of hydrogen-bond acceptors (Lipinski definition) is 26. The van der Waals surface area contributed by atoms with Gasteiger partial charge in [0.25, 0.3) is 0 Å². The number of carboxylic acids is 2. The lowest BCUT2D eigenvalue weighted by molar-refractivity contribution is -0.143. The number of nitrogen functional groups attached to an aromatic ring is 1. The van der Waals surface area contributed by atoms with Gasteiger partial charge in [-0.2, -0.15) is 0 Å². The van der Waals surface area contributed by atoms with Gasteiger partial charge in [-0.05, 0) is 76.2 Å². The van der Waals surface area contributed by atoms with Gasteiger partial charge in [0.05, 0.1) is 57.8 Å². The molecule has 5 saturated heterocycles. The van der Waals surface area contributed by atoms with Crippen LogP contribution in [-0.4, -0.2) is 284 Å². The van der Waals surface area contributed by atoms with Crippen LogP contribution in [0.3, 0.4) is 0 Å². The number of ether oxygens (including phenoxy) is 2. The molecule has 47 heteroatoms. The van der Waals surface area contributed by atoms with E-state index in [1.807, 2.05) is 48.5 Å². The maximum atomic E-state index is 14.0. The summed E-state index contributed by atoms with van der Waals surface area (Å²) in [6.07, 6.45) is 0.768. The Bertz CT molecular complexity index is 4820. The normalized spacial score (nSPS) is 24.7. The Morgan fingerprint density at radius 1 is 0.512 bits per heavy atom. The molecule has 0 saturated carbocycles. The summed E-state index contributed by atoms with van der Waals surface area (Å²) in [5, 5.41) is 61.2. The van der Waals surface area contributed by atoms with Crippen LogP contribution in [0, 0.1) is 11.3 Å². The third-order valence-corrected chi connectivity index (χ3v) is 25.3. The van der Waals surface area contributed by atoms with Crippen molar-refractivity contribution >= 4 is 183 Å². The van der Waals surface area contributed by atoms with E-state index in [-0.39, 0.29) is 99.2 Å². The highest BCUT2D eigenvalue weighted by molar-refractivity contribution is 8.77. The number of anilines is 1. The molecule has 0 radical (unpaired) electrons. The van der Waals surface area contributed by atoms with E-state index in [1.54, 1.807) is 12.4 Å². The lowest BCUT2D eigenvalue weighted by atomic mass is 9.97. The highest BCUT2D eigenvalue weighted by Gasteiger charge is 2.46. The minimum atomic E-state index is -1.74. The van der Waals surface area contributed by atoms with Gasteiger partial charge in [-0.3, -0.25) is 91.7 Å². The summed E-state index contributed by atoms with van der Waals surface area (Å²) < 4.78 is 12.4. The number of carboxylic acid groups (broad SMARTS) is 2.